The van der Waals surface area contributed by atoms with Crippen molar-refractivity contribution in [3.8, 4) is 5.75 Å². The van der Waals surface area contributed by atoms with E-state index in [0.717, 1.165) is 28.1 Å². The Bertz CT molecular complexity index is 558. The maximum Gasteiger partial charge on any atom is 0.129 e. The Morgan fingerprint density at radius 2 is 2.16 bits per heavy atom. The van der Waals surface area contributed by atoms with Crippen molar-refractivity contribution in [2.24, 2.45) is 0 Å². The molecule has 0 unspecified atom stereocenters. The van der Waals surface area contributed by atoms with Gasteiger partial charge in [-0.2, -0.15) is 0 Å². The molecule has 2 aromatic rings. The number of pyridine rings is 1. The summed E-state index contributed by atoms with van der Waals surface area (Å²) in [5, 5.41) is 3.34. The molecule has 0 fully saturated rings. The van der Waals surface area contributed by atoms with Crippen molar-refractivity contribution in [3.63, 3.8) is 0 Å². The zero-order valence-corrected chi connectivity index (χ0v) is 12.7. The molecular weight excluding hydrogens is 304 g/mol. The zero-order chi connectivity index (χ0) is 13.7. The lowest BCUT2D eigenvalue weighted by atomic mass is 10.2. The number of rotatable bonds is 5. The van der Waals surface area contributed by atoms with Crippen LogP contribution in [0.1, 0.15) is 18.1 Å². The van der Waals surface area contributed by atoms with E-state index in [1.165, 1.54) is 5.56 Å². The number of anilines is 1. The van der Waals surface area contributed by atoms with E-state index in [0.29, 0.717) is 6.61 Å². The minimum atomic E-state index is 0.685. The van der Waals surface area contributed by atoms with Gasteiger partial charge in [0.1, 0.15) is 11.6 Å². The van der Waals surface area contributed by atoms with Crippen molar-refractivity contribution in [1.29, 1.82) is 0 Å². The highest BCUT2D eigenvalue weighted by molar-refractivity contribution is 9.10. The maximum absolute atomic E-state index is 5.49. The van der Waals surface area contributed by atoms with Gasteiger partial charge in [0.2, 0.25) is 0 Å². The minimum absolute atomic E-state index is 0.685. The van der Waals surface area contributed by atoms with E-state index in [2.05, 4.69) is 32.3 Å². The fourth-order valence-electron chi connectivity index (χ4n) is 1.82. The van der Waals surface area contributed by atoms with Crippen molar-refractivity contribution in [3.05, 3.63) is 52.1 Å². The number of halogens is 1. The first-order chi connectivity index (χ1) is 9.19. The number of aromatic nitrogens is 1. The van der Waals surface area contributed by atoms with Crippen LogP contribution >= 0.6 is 15.9 Å². The molecule has 1 aromatic carbocycles. The molecule has 4 heteroatoms. The second-order valence-corrected chi connectivity index (χ2v) is 5.17. The summed E-state index contributed by atoms with van der Waals surface area (Å²) in [7, 11) is 0. The summed E-state index contributed by atoms with van der Waals surface area (Å²) in [6, 6.07) is 10.1. The van der Waals surface area contributed by atoms with Crippen LogP contribution in [0.25, 0.3) is 0 Å². The van der Waals surface area contributed by atoms with Crippen molar-refractivity contribution >= 4 is 21.7 Å². The molecule has 0 amide bonds. The van der Waals surface area contributed by atoms with Crippen LogP contribution in [0.4, 0.5) is 5.82 Å². The van der Waals surface area contributed by atoms with E-state index in [1.807, 2.05) is 38.1 Å². The average Bonchev–Trinajstić information content (AvgIpc) is 2.38. The van der Waals surface area contributed by atoms with E-state index in [1.54, 1.807) is 6.20 Å². The van der Waals surface area contributed by atoms with Gasteiger partial charge in [-0.25, -0.2) is 4.98 Å². The second-order valence-electron chi connectivity index (χ2n) is 4.25. The molecule has 19 heavy (non-hydrogen) atoms. The van der Waals surface area contributed by atoms with Crippen LogP contribution in [-0.4, -0.2) is 11.6 Å². The van der Waals surface area contributed by atoms with Gasteiger partial charge in [-0.1, -0.05) is 12.1 Å². The summed E-state index contributed by atoms with van der Waals surface area (Å²) in [5.41, 5.74) is 2.30. The molecule has 0 aliphatic heterocycles. The Balaban J connectivity index is 2.03. The van der Waals surface area contributed by atoms with Crippen molar-refractivity contribution in [2.45, 2.75) is 20.4 Å². The van der Waals surface area contributed by atoms with Gasteiger partial charge in [-0.05, 0) is 59.1 Å². The summed E-state index contributed by atoms with van der Waals surface area (Å²) in [5.74, 6) is 1.81. The van der Waals surface area contributed by atoms with Crippen LogP contribution in [0.2, 0.25) is 0 Å². The number of hydrogen-bond acceptors (Lipinski definition) is 3. The largest absolute Gasteiger partial charge is 0.494 e. The minimum Gasteiger partial charge on any atom is -0.494 e. The lowest BCUT2D eigenvalue weighted by Gasteiger charge is -2.10. The lowest BCUT2D eigenvalue weighted by molar-refractivity contribution is 0.340. The van der Waals surface area contributed by atoms with Crippen LogP contribution in [0.15, 0.2) is 41.0 Å². The first kappa shape index (κ1) is 13.9. The highest BCUT2D eigenvalue weighted by atomic mass is 79.9. The Kier molecular flexibility index (Phi) is 4.80. The smallest absolute Gasteiger partial charge is 0.129 e. The van der Waals surface area contributed by atoms with Gasteiger partial charge in [-0.15, -0.1) is 0 Å². The summed E-state index contributed by atoms with van der Waals surface area (Å²) < 4.78 is 6.48. The summed E-state index contributed by atoms with van der Waals surface area (Å²) in [6.45, 7) is 5.44. The first-order valence-corrected chi connectivity index (χ1v) is 7.06. The van der Waals surface area contributed by atoms with Crippen LogP contribution in [0, 0.1) is 6.92 Å². The Labute approximate surface area is 122 Å². The number of hydrogen-bond donors (Lipinski definition) is 1. The first-order valence-electron chi connectivity index (χ1n) is 6.27. The number of benzene rings is 1. The molecule has 1 aromatic heterocycles. The standard InChI is InChI=1S/C15H17BrN2O/c1-3-19-14-6-4-5-12(8-14)9-17-15-11(2)7-13(16)10-18-15/h4-8,10H,3,9H2,1-2H3,(H,17,18). The average molecular weight is 321 g/mol. The molecule has 0 bridgehead atoms. The topological polar surface area (TPSA) is 34.1 Å². The third kappa shape index (κ3) is 3.96. The van der Waals surface area contributed by atoms with Gasteiger partial charge in [0.25, 0.3) is 0 Å². The number of nitrogens with one attached hydrogen (secondary N) is 1. The molecule has 1 N–H and O–H groups in total. The van der Waals surface area contributed by atoms with E-state index in [9.17, 15) is 0 Å². The van der Waals surface area contributed by atoms with E-state index in [4.69, 9.17) is 4.74 Å². The lowest BCUT2D eigenvalue weighted by Crippen LogP contribution is -2.03. The maximum atomic E-state index is 5.49. The number of nitrogens with zero attached hydrogens (tertiary/aromatic N) is 1. The highest BCUT2D eigenvalue weighted by Gasteiger charge is 2.01. The molecule has 0 radical (unpaired) electrons. The molecule has 0 aliphatic rings. The van der Waals surface area contributed by atoms with Crippen LogP contribution in [0.5, 0.6) is 5.75 Å². The molecule has 0 saturated carbocycles. The van der Waals surface area contributed by atoms with Gasteiger partial charge in [-0.3, -0.25) is 0 Å². The molecule has 100 valence electrons. The fourth-order valence-corrected chi connectivity index (χ4v) is 2.27. The SMILES string of the molecule is CCOc1cccc(CNc2ncc(Br)cc2C)c1. The van der Waals surface area contributed by atoms with Crippen LogP contribution in [-0.2, 0) is 6.54 Å². The van der Waals surface area contributed by atoms with E-state index >= 15 is 0 Å². The van der Waals surface area contributed by atoms with Gasteiger partial charge < -0.3 is 10.1 Å². The Hall–Kier alpha value is -1.55. The van der Waals surface area contributed by atoms with Crippen LogP contribution < -0.4 is 10.1 Å². The van der Waals surface area contributed by atoms with Crippen LogP contribution in [0.3, 0.4) is 0 Å². The van der Waals surface area contributed by atoms with Crippen molar-refractivity contribution < 1.29 is 4.74 Å². The Morgan fingerprint density at radius 3 is 2.89 bits per heavy atom. The van der Waals surface area contributed by atoms with Gasteiger partial charge >= 0.3 is 0 Å². The predicted molar refractivity (Wildman–Crippen MR) is 81.6 cm³/mol. The predicted octanol–water partition coefficient (Wildman–Crippen LogP) is 4.16. The third-order valence-electron chi connectivity index (χ3n) is 2.71. The summed E-state index contributed by atoms with van der Waals surface area (Å²) >= 11 is 3.41. The molecule has 3 nitrogen and oxygen atoms in total. The van der Waals surface area contributed by atoms with Crippen molar-refractivity contribution in [1.82, 2.24) is 4.98 Å². The van der Waals surface area contributed by atoms with Crippen molar-refractivity contribution in [2.75, 3.05) is 11.9 Å². The van der Waals surface area contributed by atoms with E-state index < -0.39 is 0 Å². The summed E-state index contributed by atoms with van der Waals surface area (Å²) in [4.78, 5) is 4.36. The molecular formula is C15H17BrN2O. The van der Waals surface area contributed by atoms with Gasteiger partial charge in [0.05, 0.1) is 6.61 Å². The molecule has 0 spiro atoms. The Morgan fingerprint density at radius 1 is 1.32 bits per heavy atom. The number of ether oxygens (including phenoxy) is 1. The molecule has 0 saturated heterocycles. The van der Waals surface area contributed by atoms with E-state index in [-0.39, 0.29) is 0 Å². The van der Waals surface area contributed by atoms with Gasteiger partial charge in [0.15, 0.2) is 0 Å². The molecule has 0 atom stereocenters. The molecule has 0 aliphatic carbocycles. The quantitative estimate of drug-likeness (QED) is 0.898. The monoisotopic (exact) mass is 320 g/mol. The second kappa shape index (κ2) is 6.57. The zero-order valence-electron chi connectivity index (χ0n) is 11.1. The summed E-state index contributed by atoms with van der Waals surface area (Å²) in [6.07, 6.45) is 1.80. The normalized spacial score (nSPS) is 10.3. The van der Waals surface area contributed by atoms with Gasteiger partial charge in [0, 0.05) is 17.2 Å². The molecule has 1 heterocycles. The number of aryl methyl sites for hydroxylation is 1. The molecule has 2 rings (SSSR count). The fraction of sp³-hybridized carbons (Fsp3) is 0.267. The third-order valence-corrected chi connectivity index (χ3v) is 3.15. The highest BCUT2D eigenvalue weighted by Crippen LogP contribution is 2.18.